The lowest BCUT2D eigenvalue weighted by Gasteiger charge is -2.32. The van der Waals surface area contributed by atoms with E-state index in [9.17, 15) is 14.4 Å². The summed E-state index contributed by atoms with van der Waals surface area (Å²) in [7, 11) is 0. The molecule has 0 bridgehead atoms. The van der Waals surface area contributed by atoms with Gasteiger partial charge in [0.05, 0.1) is 4.75 Å². The van der Waals surface area contributed by atoms with Crippen molar-refractivity contribution >= 4 is 35.2 Å². The molecular weight excluding hydrogens is 338 g/mol. The molecule has 1 aromatic carbocycles. The second-order valence-electron chi connectivity index (χ2n) is 6.88. The molecule has 2 heterocycles. The van der Waals surface area contributed by atoms with E-state index in [1.165, 1.54) is 11.8 Å². The van der Waals surface area contributed by atoms with Crippen LogP contribution in [0.2, 0.25) is 0 Å². The fourth-order valence-corrected chi connectivity index (χ4v) is 3.91. The number of carbonyl (C=O) groups is 3. The average molecular weight is 361 g/mol. The summed E-state index contributed by atoms with van der Waals surface area (Å²) in [5.74, 6) is 0.453. The van der Waals surface area contributed by atoms with Crippen molar-refractivity contribution in [1.29, 1.82) is 0 Å². The summed E-state index contributed by atoms with van der Waals surface area (Å²) in [6, 6.07) is 7.15. The van der Waals surface area contributed by atoms with Gasteiger partial charge in [-0.3, -0.25) is 14.4 Å². The van der Waals surface area contributed by atoms with Crippen molar-refractivity contribution in [2.24, 2.45) is 0 Å². The monoisotopic (exact) mass is 361 g/mol. The molecule has 2 fully saturated rings. The summed E-state index contributed by atoms with van der Waals surface area (Å²) in [4.78, 5) is 37.8. The highest BCUT2D eigenvalue weighted by atomic mass is 32.2. The van der Waals surface area contributed by atoms with Crippen LogP contribution in [0.3, 0.4) is 0 Å². The molecule has 1 unspecified atom stereocenters. The lowest BCUT2D eigenvalue weighted by molar-refractivity contribution is -0.129. The van der Waals surface area contributed by atoms with E-state index in [-0.39, 0.29) is 17.7 Å². The molecule has 0 radical (unpaired) electrons. The first kappa shape index (κ1) is 17.8. The fourth-order valence-electron chi connectivity index (χ4n) is 2.90. The van der Waals surface area contributed by atoms with Crippen LogP contribution >= 0.6 is 11.8 Å². The summed E-state index contributed by atoms with van der Waals surface area (Å²) in [5, 5.41) is 5.64. The van der Waals surface area contributed by atoms with Gasteiger partial charge in [-0.15, -0.1) is 11.8 Å². The first-order valence-electron chi connectivity index (χ1n) is 8.49. The molecule has 1 aromatic rings. The third kappa shape index (κ3) is 3.98. The highest BCUT2D eigenvalue weighted by molar-refractivity contribution is 8.01. The number of thioether (sulfide) groups is 1. The second-order valence-corrected chi connectivity index (χ2v) is 8.52. The summed E-state index contributed by atoms with van der Waals surface area (Å²) >= 11 is 1.49. The normalized spacial score (nSPS) is 22.6. The largest absolute Gasteiger partial charge is 0.350 e. The maximum Gasteiger partial charge on any atom is 0.243 e. The average Bonchev–Trinajstić information content (AvgIpc) is 3.01. The quantitative estimate of drug-likeness (QED) is 0.851. The van der Waals surface area contributed by atoms with E-state index in [4.69, 9.17) is 0 Å². The molecule has 3 amide bonds. The van der Waals surface area contributed by atoms with E-state index in [1.807, 2.05) is 38.1 Å². The number of rotatable bonds is 4. The topological polar surface area (TPSA) is 78.5 Å². The molecule has 7 heteroatoms. The molecule has 3 rings (SSSR count). The number of hydrogen-bond donors (Lipinski definition) is 2. The lowest BCUT2D eigenvalue weighted by atomic mass is 10.1. The molecule has 6 nitrogen and oxygen atoms in total. The molecule has 0 spiro atoms. The van der Waals surface area contributed by atoms with Crippen molar-refractivity contribution in [3.63, 3.8) is 0 Å². The molecule has 0 aliphatic carbocycles. The van der Waals surface area contributed by atoms with Gasteiger partial charge >= 0.3 is 0 Å². The number of anilines is 1. The number of amides is 3. The van der Waals surface area contributed by atoms with Crippen LogP contribution in [-0.4, -0.2) is 40.8 Å². The van der Waals surface area contributed by atoms with E-state index >= 15 is 0 Å². The number of carbonyl (C=O) groups excluding carboxylic acids is 3. The molecule has 25 heavy (non-hydrogen) atoms. The van der Waals surface area contributed by atoms with Crippen molar-refractivity contribution in [2.45, 2.75) is 44.0 Å². The fraction of sp³-hybridized carbons (Fsp3) is 0.500. The minimum absolute atomic E-state index is 0.108. The van der Waals surface area contributed by atoms with Crippen molar-refractivity contribution in [3.8, 4) is 0 Å². The molecular formula is C18H23N3O3S. The first-order chi connectivity index (χ1) is 11.9. The van der Waals surface area contributed by atoms with Gasteiger partial charge in [0.15, 0.2) is 0 Å². The maximum atomic E-state index is 12.3. The van der Waals surface area contributed by atoms with Gasteiger partial charge in [0.2, 0.25) is 17.7 Å². The maximum absolute atomic E-state index is 12.3. The Balaban J connectivity index is 1.52. The van der Waals surface area contributed by atoms with E-state index in [0.717, 1.165) is 24.2 Å². The van der Waals surface area contributed by atoms with Gasteiger partial charge in [0, 0.05) is 31.0 Å². The van der Waals surface area contributed by atoms with Gasteiger partial charge in [-0.25, -0.2) is 0 Å². The van der Waals surface area contributed by atoms with Gasteiger partial charge in [-0.05, 0) is 38.0 Å². The van der Waals surface area contributed by atoms with Crippen molar-refractivity contribution in [2.75, 3.05) is 17.2 Å². The van der Waals surface area contributed by atoms with Crippen molar-refractivity contribution in [3.05, 3.63) is 29.8 Å². The predicted molar refractivity (Wildman–Crippen MR) is 98.3 cm³/mol. The predicted octanol–water partition coefficient (Wildman–Crippen LogP) is 1.44. The van der Waals surface area contributed by atoms with Crippen LogP contribution in [0.5, 0.6) is 0 Å². The molecule has 2 saturated heterocycles. The Bertz CT molecular complexity index is 687. The molecule has 2 N–H and O–H groups in total. The Morgan fingerprint density at radius 3 is 2.64 bits per heavy atom. The van der Waals surface area contributed by atoms with E-state index < -0.39 is 10.8 Å². The Labute approximate surface area is 151 Å². The van der Waals surface area contributed by atoms with Crippen LogP contribution in [-0.2, 0) is 20.9 Å². The smallest absolute Gasteiger partial charge is 0.243 e. The summed E-state index contributed by atoms with van der Waals surface area (Å²) in [6.45, 7) is 4.87. The minimum atomic E-state index is -0.494. The van der Waals surface area contributed by atoms with Crippen LogP contribution in [0.1, 0.15) is 32.3 Å². The van der Waals surface area contributed by atoms with Gasteiger partial charge in [0.25, 0.3) is 0 Å². The van der Waals surface area contributed by atoms with Crippen LogP contribution < -0.4 is 15.5 Å². The van der Waals surface area contributed by atoms with Gasteiger partial charge in [0.1, 0.15) is 6.04 Å². The third-order valence-corrected chi connectivity index (χ3v) is 5.97. The van der Waals surface area contributed by atoms with Gasteiger partial charge < -0.3 is 15.5 Å². The highest BCUT2D eigenvalue weighted by Gasteiger charge is 2.37. The van der Waals surface area contributed by atoms with Crippen LogP contribution in [0, 0.1) is 0 Å². The van der Waals surface area contributed by atoms with E-state index in [0.29, 0.717) is 18.7 Å². The number of nitrogens with zero attached hydrogens (tertiary/aromatic N) is 1. The van der Waals surface area contributed by atoms with Crippen molar-refractivity contribution < 1.29 is 14.4 Å². The van der Waals surface area contributed by atoms with Gasteiger partial charge in [-0.2, -0.15) is 0 Å². The van der Waals surface area contributed by atoms with Crippen LogP contribution in [0.4, 0.5) is 5.69 Å². The zero-order chi connectivity index (χ0) is 18.0. The Morgan fingerprint density at radius 1 is 1.32 bits per heavy atom. The van der Waals surface area contributed by atoms with Crippen LogP contribution in [0.15, 0.2) is 24.3 Å². The summed E-state index contributed by atoms with van der Waals surface area (Å²) in [5.41, 5.74) is 1.86. The first-order valence-corrected chi connectivity index (χ1v) is 9.47. The molecule has 1 atom stereocenters. The van der Waals surface area contributed by atoms with Crippen LogP contribution in [0.25, 0.3) is 0 Å². The Hall–Kier alpha value is -2.02. The van der Waals surface area contributed by atoms with E-state index in [1.54, 1.807) is 4.90 Å². The summed E-state index contributed by atoms with van der Waals surface area (Å²) < 4.78 is -0.486. The minimum Gasteiger partial charge on any atom is -0.350 e. The second kappa shape index (κ2) is 7.07. The molecule has 2 aliphatic rings. The number of hydrogen-bond acceptors (Lipinski definition) is 4. The Kier molecular flexibility index (Phi) is 5.03. The lowest BCUT2D eigenvalue weighted by Crippen LogP contribution is -2.57. The highest BCUT2D eigenvalue weighted by Crippen LogP contribution is 2.29. The molecule has 0 aromatic heterocycles. The third-order valence-electron chi connectivity index (χ3n) is 4.57. The van der Waals surface area contributed by atoms with E-state index in [2.05, 4.69) is 10.6 Å². The SMILES string of the molecule is CC1(C)SCC(C(=O)NCc2ccc(N3CCCC3=O)cc2)NC1=O. The number of benzene rings is 1. The number of nitrogens with one attached hydrogen (secondary N) is 2. The summed E-state index contributed by atoms with van der Waals surface area (Å²) in [6.07, 6.45) is 1.51. The van der Waals surface area contributed by atoms with Crippen molar-refractivity contribution in [1.82, 2.24) is 10.6 Å². The molecule has 2 aliphatic heterocycles. The molecule has 134 valence electrons. The zero-order valence-electron chi connectivity index (χ0n) is 14.5. The van der Waals surface area contributed by atoms with Gasteiger partial charge in [-0.1, -0.05) is 12.1 Å². The molecule has 0 saturated carbocycles. The standard InChI is InChI=1S/C18H23N3O3S/c1-18(2)17(24)20-14(11-25-18)16(23)19-10-12-5-7-13(8-6-12)21-9-3-4-15(21)22/h5-8,14H,3-4,9-11H2,1-2H3,(H,19,23)(H,20,24). The zero-order valence-corrected chi connectivity index (χ0v) is 15.3. The Morgan fingerprint density at radius 2 is 2.04 bits per heavy atom.